The molecule has 0 spiro atoms. The number of Topliss-reactive ketones (excluding diaryl/α,β-unsaturated/α-hetero) is 1. The molecule has 3 heterocycles. The van der Waals surface area contributed by atoms with Crippen LogP contribution in [-0.2, 0) is 11.3 Å². The predicted octanol–water partition coefficient (Wildman–Crippen LogP) is 4.28. The molecular formula is C25H26ClFN2O4. The molecule has 0 bridgehead atoms. The second-order valence-electron chi connectivity index (χ2n) is 8.58. The number of morpholine rings is 1. The van der Waals surface area contributed by atoms with Crippen molar-refractivity contribution >= 4 is 23.5 Å². The zero-order chi connectivity index (χ0) is 22.9. The highest BCUT2D eigenvalue weighted by Gasteiger charge is 2.34. The van der Waals surface area contributed by atoms with Gasteiger partial charge in [-0.2, -0.15) is 0 Å². The predicted molar refractivity (Wildman–Crippen MR) is 123 cm³/mol. The van der Waals surface area contributed by atoms with Crippen molar-refractivity contribution in [2.75, 3.05) is 46.1 Å². The average Bonchev–Trinajstić information content (AvgIpc) is 3.13. The molecule has 0 aliphatic carbocycles. The fraction of sp³-hybridized carbons (Fsp3) is 0.400. The lowest BCUT2D eigenvalue weighted by atomic mass is 10.00. The van der Waals surface area contributed by atoms with Gasteiger partial charge in [0.25, 0.3) is 0 Å². The molecule has 0 atom stereocenters. The van der Waals surface area contributed by atoms with Crippen LogP contribution < -0.4 is 9.47 Å². The van der Waals surface area contributed by atoms with Crippen molar-refractivity contribution in [3.63, 3.8) is 0 Å². The lowest BCUT2D eigenvalue weighted by Gasteiger charge is -2.31. The van der Waals surface area contributed by atoms with Crippen LogP contribution in [0.1, 0.15) is 33.5 Å². The van der Waals surface area contributed by atoms with Crippen LogP contribution in [0.4, 0.5) is 4.39 Å². The summed E-state index contributed by atoms with van der Waals surface area (Å²) in [7, 11) is 0. The molecule has 0 N–H and O–H groups in total. The van der Waals surface area contributed by atoms with Crippen LogP contribution in [0.5, 0.6) is 11.5 Å². The summed E-state index contributed by atoms with van der Waals surface area (Å²) in [5.41, 5.74) is 2.36. The van der Waals surface area contributed by atoms with Crippen molar-refractivity contribution in [3.8, 4) is 11.5 Å². The Bertz CT molecular complexity index is 1090. The number of carbonyl (C=O) groups excluding carboxylic acids is 1. The van der Waals surface area contributed by atoms with E-state index in [1.807, 2.05) is 13.0 Å². The Morgan fingerprint density at radius 3 is 2.73 bits per heavy atom. The minimum absolute atomic E-state index is 0.0600. The first-order chi connectivity index (χ1) is 16.0. The SMILES string of the molecule is Cc1c2c(cc3c1O/C(=C\c1c(F)cccc1Cl)C3=O)CN(CCCN1CCOCC1)CO2. The molecule has 1 saturated heterocycles. The van der Waals surface area contributed by atoms with E-state index >= 15 is 0 Å². The summed E-state index contributed by atoms with van der Waals surface area (Å²) in [6.07, 6.45) is 2.41. The summed E-state index contributed by atoms with van der Waals surface area (Å²) in [6, 6.07) is 6.25. The number of benzene rings is 2. The maximum atomic E-state index is 14.2. The van der Waals surface area contributed by atoms with Crippen molar-refractivity contribution in [1.82, 2.24) is 9.80 Å². The maximum Gasteiger partial charge on any atom is 0.231 e. The number of ether oxygens (including phenoxy) is 3. The third-order valence-corrected chi connectivity index (χ3v) is 6.66. The normalized spacial score (nSPS) is 19.8. The standard InChI is InChI=1S/C25H26ClFN2O4/c1-16-24-17(14-29(15-32-24)7-3-6-28-8-10-31-11-9-28)12-19-23(30)22(33-25(16)19)13-18-20(26)4-2-5-21(18)27/h2,4-5,12-13H,3,6-11,14-15H2,1H3/b22-13-. The minimum atomic E-state index is -0.505. The van der Waals surface area contributed by atoms with E-state index in [1.165, 1.54) is 18.2 Å². The Labute approximate surface area is 197 Å². The third-order valence-electron chi connectivity index (χ3n) is 6.33. The van der Waals surface area contributed by atoms with Crippen molar-refractivity contribution in [3.05, 3.63) is 63.1 Å². The largest absolute Gasteiger partial charge is 0.477 e. The van der Waals surface area contributed by atoms with E-state index in [1.54, 1.807) is 6.07 Å². The number of nitrogens with zero attached hydrogens (tertiary/aromatic N) is 2. The minimum Gasteiger partial charge on any atom is -0.477 e. The van der Waals surface area contributed by atoms with Crippen LogP contribution >= 0.6 is 11.6 Å². The molecule has 6 nitrogen and oxygen atoms in total. The van der Waals surface area contributed by atoms with Gasteiger partial charge in [0.2, 0.25) is 5.78 Å². The molecule has 3 aliphatic heterocycles. The number of ketones is 1. The number of carbonyl (C=O) groups is 1. The molecule has 0 radical (unpaired) electrons. The lowest BCUT2D eigenvalue weighted by Crippen LogP contribution is -2.39. The zero-order valence-electron chi connectivity index (χ0n) is 18.5. The summed E-state index contributed by atoms with van der Waals surface area (Å²) in [5, 5.41) is 0.224. The van der Waals surface area contributed by atoms with Gasteiger partial charge < -0.3 is 14.2 Å². The van der Waals surface area contributed by atoms with Gasteiger partial charge in [-0.3, -0.25) is 14.6 Å². The van der Waals surface area contributed by atoms with Crippen LogP contribution in [0.25, 0.3) is 6.08 Å². The van der Waals surface area contributed by atoms with E-state index in [4.69, 9.17) is 25.8 Å². The Balaban J connectivity index is 1.31. The third kappa shape index (κ3) is 4.51. The van der Waals surface area contributed by atoms with Crippen LogP contribution in [0.15, 0.2) is 30.0 Å². The Hall–Kier alpha value is -2.45. The molecule has 8 heteroatoms. The van der Waals surface area contributed by atoms with E-state index < -0.39 is 5.82 Å². The van der Waals surface area contributed by atoms with Crippen molar-refractivity contribution < 1.29 is 23.4 Å². The Kier molecular flexibility index (Phi) is 6.38. The van der Waals surface area contributed by atoms with Gasteiger partial charge in [0.15, 0.2) is 5.76 Å². The number of fused-ring (bicyclic) bond motifs is 2. The lowest BCUT2D eigenvalue weighted by molar-refractivity contribution is 0.0329. The van der Waals surface area contributed by atoms with E-state index in [9.17, 15) is 9.18 Å². The van der Waals surface area contributed by atoms with Crippen LogP contribution in [0.3, 0.4) is 0 Å². The van der Waals surface area contributed by atoms with Crippen molar-refractivity contribution in [2.24, 2.45) is 0 Å². The van der Waals surface area contributed by atoms with Crippen LogP contribution in [-0.4, -0.2) is 61.7 Å². The van der Waals surface area contributed by atoms with E-state index in [0.29, 0.717) is 24.6 Å². The molecule has 2 aromatic rings. The molecule has 2 aromatic carbocycles. The summed E-state index contributed by atoms with van der Waals surface area (Å²) >= 11 is 6.12. The van der Waals surface area contributed by atoms with Gasteiger partial charge in [-0.1, -0.05) is 17.7 Å². The molecule has 1 fully saturated rings. The highest BCUT2D eigenvalue weighted by atomic mass is 35.5. The molecule has 3 aliphatic rings. The second kappa shape index (κ2) is 9.43. The van der Waals surface area contributed by atoms with Gasteiger partial charge in [0, 0.05) is 42.9 Å². The monoisotopic (exact) mass is 472 g/mol. The molecule has 0 aromatic heterocycles. The molecule has 0 amide bonds. The van der Waals surface area contributed by atoms with Gasteiger partial charge in [0.1, 0.15) is 24.0 Å². The van der Waals surface area contributed by atoms with Gasteiger partial charge in [-0.25, -0.2) is 4.39 Å². The number of rotatable bonds is 5. The smallest absolute Gasteiger partial charge is 0.231 e. The van der Waals surface area contributed by atoms with E-state index in [2.05, 4.69) is 9.80 Å². The molecule has 33 heavy (non-hydrogen) atoms. The first-order valence-corrected chi connectivity index (χ1v) is 11.6. The van der Waals surface area contributed by atoms with Gasteiger partial charge >= 0.3 is 0 Å². The maximum absolute atomic E-state index is 14.2. The summed E-state index contributed by atoms with van der Waals surface area (Å²) in [5.74, 6) is 0.508. The molecule has 0 unspecified atom stereocenters. The number of allylic oxidation sites excluding steroid dienone is 1. The fourth-order valence-electron chi connectivity index (χ4n) is 4.56. The van der Waals surface area contributed by atoms with Crippen LogP contribution in [0, 0.1) is 12.7 Å². The highest BCUT2D eigenvalue weighted by molar-refractivity contribution is 6.32. The summed E-state index contributed by atoms with van der Waals surface area (Å²) in [4.78, 5) is 17.7. The van der Waals surface area contributed by atoms with E-state index in [0.717, 1.165) is 62.7 Å². The fourth-order valence-corrected chi connectivity index (χ4v) is 4.78. The Morgan fingerprint density at radius 1 is 1.15 bits per heavy atom. The topological polar surface area (TPSA) is 51.2 Å². The quantitative estimate of drug-likeness (QED) is 0.605. The summed E-state index contributed by atoms with van der Waals surface area (Å²) < 4.78 is 31.6. The first-order valence-electron chi connectivity index (χ1n) is 11.2. The molecule has 5 rings (SSSR count). The number of hydrogen-bond donors (Lipinski definition) is 0. The first kappa shape index (κ1) is 22.3. The van der Waals surface area contributed by atoms with Crippen molar-refractivity contribution in [1.29, 1.82) is 0 Å². The van der Waals surface area contributed by atoms with Crippen LogP contribution in [0.2, 0.25) is 5.02 Å². The van der Waals surface area contributed by atoms with E-state index in [-0.39, 0.29) is 22.1 Å². The van der Waals surface area contributed by atoms with Gasteiger partial charge in [-0.05, 0) is 44.2 Å². The summed E-state index contributed by atoms with van der Waals surface area (Å²) in [6.45, 7) is 8.62. The number of halogens is 2. The van der Waals surface area contributed by atoms with Crippen molar-refractivity contribution in [2.45, 2.75) is 19.9 Å². The van der Waals surface area contributed by atoms with Gasteiger partial charge in [0.05, 0.1) is 23.8 Å². The molecule has 174 valence electrons. The Morgan fingerprint density at radius 2 is 1.94 bits per heavy atom. The molecular weight excluding hydrogens is 447 g/mol. The number of hydrogen-bond acceptors (Lipinski definition) is 6. The van der Waals surface area contributed by atoms with Gasteiger partial charge in [-0.15, -0.1) is 0 Å². The highest BCUT2D eigenvalue weighted by Crippen LogP contribution is 2.43. The molecule has 0 saturated carbocycles. The average molecular weight is 473 g/mol. The second-order valence-corrected chi connectivity index (χ2v) is 8.98. The zero-order valence-corrected chi connectivity index (χ0v) is 19.3.